The number of hydrogen-bond donors (Lipinski definition) is 0. The van der Waals surface area contributed by atoms with Gasteiger partial charge in [-0.25, -0.2) is 8.42 Å². The molecule has 0 bridgehead atoms. The van der Waals surface area contributed by atoms with Crippen LogP contribution in [-0.2, 0) is 16.4 Å². The van der Waals surface area contributed by atoms with Gasteiger partial charge < -0.3 is 4.74 Å². The molecule has 0 fully saturated rings. The summed E-state index contributed by atoms with van der Waals surface area (Å²) < 4.78 is 28.8. The summed E-state index contributed by atoms with van der Waals surface area (Å²) in [5.74, 6) is 0.509. The Hall–Kier alpha value is -2.36. The van der Waals surface area contributed by atoms with Crippen LogP contribution >= 0.6 is 0 Å². The number of sulfone groups is 1. The van der Waals surface area contributed by atoms with Crippen LogP contribution in [0.25, 0.3) is 0 Å². The first kappa shape index (κ1) is 18.0. The summed E-state index contributed by atoms with van der Waals surface area (Å²) in [4.78, 5) is 2.22. The van der Waals surface area contributed by atoms with E-state index in [9.17, 15) is 8.42 Å². The van der Waals surface area contributed by atoms with E-state index in [-0.39, 0.29) is 4.90 Å². The van der Waals surface area contributed by atoms with Crippen molar-refractivity contribution in [3.05, 3.63) is 60.2 Å². The summed E-state index contributed by atoms with van der Waals surface area (Å²) in [5.41, 5.74) is 1.13. The van der Waals surface area contributed by atoms with E-state index in [2.05, 4.69) is 6.07 Å². The molecule has 0 amide bonds. The second-order valence-corrected chi connectivity index (χ2v) is 7.47. The van der Waals surface area contributed by atoms with E-state index >= 15 is 0 Å². The van der Waals surface area contributed by atoms with Crippen LogP contribution in [0.4, 0.5) is 0 Å². The quantitative estimate of drug-likeness (QED) is 0.688. The maximum atomic E-state index is 11.6. The molecule has 24 heavy (non-hydrogen) atoms. The first-order valence-corrected chi connectivity index (χ1v) is 9.44. The zero-order valence-corrected chi connectivity index (χ0v) is 14.4. The zero-order valence-electron chi connectivity index (χ0n) is 13.6. The third-order valence-electron chi connectivity index (χ3n) is 3.45. The molecule has 126 valence electrons. The number of nitrogens with zero attached hydrogens (tertiary/aromatic N) is 2. The smallest absolute Gasteiger partial charge is 0.175 e. The van der Waals surface area contributed by atoms with Crippen LogP contribution in [-0.4, -0.2) is 39.3 Å². The number of benzene rings is 2. The fraction of sp³-hybridized carbons (Fsp3) is 0.278. The molecule has 0 unspecified atom stereocenters. The van der Waals surface area contributed by atoms with E-state index in [1.54, 1.807) is 18.2 Å². The molecule has 0 aromatic heterocycles. The van der Waals surface area contributed by atoms with Crippen molar-refractivity contribution < 1.29 is 13.2 Å². The highest BCUT2D eigenvalue weighted by atomic mass is 32.2. The van der Waals surface area contributed by atoms with Crippen LogP contribution < -0.4 is 4.74 Å². The first-order valence-electron chi connectivity index (χ1n) is 7.55. The summed E-state index contributed by atoms with van der Waals surface area (Å²) in [6.07, 6.45) is 1.17. The molecule has 2 rings (SSSR count). The Morgan fingerprint density at radius 2 is 1.88 bits per heavy atom. The van der Waals surface area contributed by atoms with Crippen LogP contribution in [0.5, 0.6) is 5.75 Å². The Morgan fingerprint density at radius 3 is 2.54 bits per heavy atom. The number of rotatable bonds is 8. The molecule has 6 heteroatoms. The predicted molar refractivity (Wildman–Crippen MR) is 92.4 cm³/mol. The molecule has 2 aromatic rings. The Balaban J connectivity index is 1.92. The normalized spacial score (nSPS) is 11.2. The van der Waals surface area contributed by atoms with Crippen molar-refractivity contribution in [3.8, 4) is 11.8 Å². The van der Waals surface area contributed by atoms with E-state index in [1.807, 2.05) is 35.2 Å². The molecule has 0 saturated heterocycles. The highest BCUT2D eigenvalue weighted by Gasteiger charge is 2.09. The molecule has 0 N–H and O–H groups in total. The van der Waals surface area contributed by atoms with Gasteiger partial charge in [-0.05, 0) is 23.8 Å². The second kappa shape index (κ2) is 8.48. The standard InChI is InChI=1S/C18H20N2O3S/c1-24(21,22)18-9-5-8-17(14-18)23-13-12-20(11-10-19)15-16-6-3-2-4-7-16/h2-9,14H,11-13,15H2,1H3. The van der Waals surface area contributed by atoms with Gasteiger partial charge in [-0.2, -0.15) is 5.26 Å². The SMILES string of the molecule is CS(=O)(=O)c1cccc(OCCN(CC#N)Cc2ccccc2)c1. The summed E-state index contributed by atoms with van der Waals surface area (Å²) in [6, 6.07) is 18.5. The lowest BCUT2D eigenvalue weighted by atomic mass is 10.2. The average Bonchev–Trinajstić information content (AvgIpc) is 2.55. The highest BCUT2D eigenvalue weighted by Crippen LogP contribution is 2.17. The fourth-order valence-electron chi connectivity index (χ4n) is 2.24. The molecule has 0 aliphatic carbocycles. The maximum Gasteiger partial charge on any atom is 0.175 e. The monoisotopic (exact) mass is 344 g/mol. The summed E-state index contributed by atoms with van der Waals surface area (Å²) in [7, 11) is -3.25. The van der Waals surface area contributed by atoms with Gasteiger partial charge >= 0.3 is 0 Å². The molecule has 0 aliphatic heterocycles. The molecule has 0 radical (unpaired) electrons. The minimum atomic E-state index is -3.25. The van der Waals surface area contributed by atoms with Gasteiger partial charge in [0.2, 0.25) is 0 Å². The lowest BCUT2D eigenvalue weighted by molar-refractivity contribution is 0.219. The lowest BCUT2D eigenvalue weighted by Gasteiger charge is -2.19. The molecule has 0 saturated carbocycles. The van der Waals surface area contributed by atoms with Crippen LogP contribution in [0, 0.1) is 11.3 Å². The first-order chi connectivity index (χ1) is 11.5. The second-order valence-electron chi connectivity index (χ2n) is 5.45. The minimum absolute atomic E-state index is 0.234. The van der Waals surface area contributed by atoms with Gasteiger partial charge in [0.05, 0.1) is 17.5 Å². The molecule has 0 spiro atoms. The molecular weight excluding hydrogens is 324 g/mol. The van der Waals surface area contributed by atoms with Crippen molar-refractivity contribution in [1.29, 1.82) is 5.26 Å². The fourth-order valence-corrected chi connectivity index (χ4v) is 2.90. The van der Waals surface area contributed by atoms with Crippen LogP contribution in [0.15, 0.2) is 59.5 Å². The van der Waals surface area contributed by atoms with Gasteiger partial charge in [-0.3, -0.25) is 4.90 Å². The minimum Gasteiger partial charge on any atom is -0.492 e. The van der Waals surface area contributed by atoms with Crippen molar-refractivity contribution in [2.45, 2.75) is 11.4 Å². The van der Waals surface area contributed by atoms with Crippen molar-refractivity contribution in [1.82, 2.24) is 4.90 Å². The Kier molecular flexibility index (Phi) is 6.36. The number of nitriles is 1. The van der Waals surface area contributed by atoms with Gasteiger partial charge in [0.25, 0.3) is 0 Å². The number of ether oxygens (including phenoxy) is 1. The third kappa shape index (κ3) is 5.69. The van der Waals surface area contributed by atoms with E-state index in [0.717, 1.165) is 5.56 Å². The molecule has 0 aliphatic rings. The molecule has 2 aromatic carbocycles. The van der Waals surface area contributed by atoms with E-state index in [0.29, 0.717) is 32.0 Å². The Bertz CT molecular complexity index is 799. The van der Waals surface area contributed by atoms with E-state index < -0.39 is 9.84 Å². The zero-order chi connectivity index (χ0) is 17.4. The van der Waals surface area contributed by atoms with Crippen LogP contribution in [0.3, 0.4) is 0 Å². The predicted octanol–water partition coefficient (Wildman–Crippen LogP) is 2.49. The molecule has 0 heterocycles. The molecule has 0 atom stereocenters. The van der Waals surface area contributed by atoms with Gasteiger partial charge in [0, 0.05) is 19.3 Å². The van der Waals surface area contributed by atoms with Crippen molar-refractivity contribution >= 4 is 9.84 Å². The van der Waals surface area contributed by atoms with E-state index in [1.165, 1.54) is 12.3 Å². The van der Waals surface area contributed by atoms with Crippen molar-refractivity contribution in [3.63, 3.8) is 0 Å². The highest BCUT2D eigenvalue weighted by molar-refractivity contribution is 7.90. The largest absolute Gasteiger partial charge is 0.492 e. The average molecular weight is 344 g/mol. The maximum absolute atomic E-state index is 11.6. The Labute approximate surface area is 143 Å². The third-order valence-corrected chi connectivity index (χ3v) is 4.56. The summed E-state index contributed by atoms with van der Waals surface area (Å²) >= 11 is 0. The topological polar surface area (TPSA) is 70.4 Å². The van der Waals surface area contributed by atoms with Crippen molar-refractivity contribution in [2.24, 2.45) is 0 Å². The summed E-state index contributed by atoms with van der Waals surface area (Å²) in [6.45, 7) is 1.93. The van der Waals surface area contributed by atoms with Crippen LogP contribution in [0.1, 0.15) is 5.56 Å². The lowest BCUT2D eigenvalue weighted by Crippen LogP contribution is -2.28. The van der Waals surface area contributed by atoms with E-state index in [4.69, 9.17) is 10.00 Å². The molecule has 5 nitrogen and oxygen atoms in total. The number of hydrogen-bond acceptors (Lipinski definition) is 5. The summed E-state index contributed by atoms with van der Waals surface area (Å²) in [5, 5.41) is 8.96. The molecular formula is C18H20N2O3S. The van der Waals surface area contributed by atoms with Crippen LogP contribution in [0.2, 0.25) is 0 Å². The van der Waals surface area contributed by atoms with Gasteiger partial charge in [0.15, 0.2) is 9.84 Å². The Morgan fingerprint density at radius 1 is 1.12 bits per heavy atom. The van der Waals surface area contributed by atoms with Gasteiger partial charge in [-0.1, -0.05) is 36.4 Å². The van der Waals surface area contributed by atoms with Gasteiger partial charge in [0.1, 0.15) is 12.4 Å². The van der Waals surface area contributed by atoms with Crippen molar-refractivity contribution in [2.75, 3.05) is 26.0 Å². The van der Waals surface area contributed by atoms with Gasteiger partial charge in [-0.15, -0.1) is 0 Å².